The SMILES string of the molecule is CCCc1nnc(NC(=O)c2ccccc2O)s1. The van der Waals surface area contributed by atoms with Crippen LogP contribution in [0.25, 0.3) is 0 Å². The third-order valence-corrected chi connectivity index (χ3v) is 3.20. The third-order valence-electron chi connectivity index (χ3n) is 2.30. The minimum atomic E-state index is -0.382. The highest BCUT2D eigenvalue weighted by Crippen LogP contribution is 2.20. The van der Waals surface area contributed by atoms with Crippen LogP contribution in [0.3, 0.4) is 0 Å². The number of aromatic hydroxyl groups is 1. The molecule has 0 unspecified atom stereocenters. The van der Waals surface area contributed by atoms with Gasteiger partial charge in [-0.25, -0.2) is 0 Å². The number of aryl methyl sites for hydroxylation is 1. The molecule has 6 heteroatoms. The Morgan fingerprint density at radius 2 is 2.17 bits per heavy atom. The van der Waals surface area contributed by atoms with Gasteiger partial charge < -0.3 is 5.11 Å². The Labute approximate surface area is 109 Å². The smallest absolute Gasteiger partial charge is 0.261 e. The van der Waals surface area contributed by atoms with Crippen molar-refractivity contribution in [3.05, 3.63) is 34.8 Å². The molecule has 0 saturated carbocycles. The predicted molar refractivity (Wildman–Crippen MR) is 70.0 cm³/mol. The molecule has 1 aromatic heterocycles. The highest BCUT2D eigenvalue weighted by molar-refractivity contribution is 7.15. The monoisotopic (exact) mass is 263 g/mol. The summed E-state index contributed by atoms with van der Waals surface area (Å²) in [6.45, 7) is 2.06. The quantitative estimate of drug-likeness (QED) is 0.888. The summed E-state index contributed by atoms with van der Waals surface area (Å²) in [6.07, 6.45) is 1.84. The van der Waals surface area contributed by atoms with Crippen LogP contribution in [0.15, 0.2) is 24.3 Å². The number of aromatic nitrogens is 2. The number of para-hydroxylation sites is 1. The van der Waals surface area contributed by atoms with Crippen LogP contribution in [0.4, 0.5) is 5.13 Å². The Kier molecular flexibility index (Phi) is 3.88. The summed E-state index contributed by atoms with van der Waals surface area (Å²) < 4.78 is 0. The summed E-state index contributed by atoms with van der Waals surface area (Å²) in [6, 6.07) is 6.38. The number of carbonyl (C=O) groups excluding carboxylic acids is 1. The summed E-state index contributed by atoms with van der Waals surface area (Å²) in [7, 11) is 0. The summed E-state index contributed by atoms with van der Waals surface area (Å²) in [5, 5.41) is 21.4. The molecule has 0 aliphatic rings. The van der Waals surface area contributed by atoms with Crippen molar-refractivity contribution in [3.8, 4) is 5.75 Å². The van der Waals surface area contributed by atoms with Crippen molar-refractivity contribution in [2.24, 2.45) is 0 Å². The average Bonchev–Trinajstić information content (AvgIpc) is 2.77. The van der Waals surface area contributed by atoms with Crippen molar-refractivity contribution in [2.45, 2.75) is 19.8 Å². The van der Waals surface area contributed by atoms with Crippen LogP contribution in [0.2, 0.25) is 0 Å². The van der Waals surface area contributed by atoms with Crippen LogP contribution in [0.1, 0.15) is 28.7 Å². The van der Waals surface area contributed by atoms with Crippen LogP contribution in [-0.2, 0) is 6.42 Å². The lowest BCUT2D eigenvalue weighted by molar-refractivity contribution is 0.102. The van der Waals surface area contributed by atoms with E-state index in [1.807, 2.05) is 0 Å². The van der Waals surface area contributed by atoms with Gasteiger partial charge in [-0.15, -0.1) is 10.2 Å². The second-order valence-corrected chi connectivity index (χ2v) is 4.78. The molecule has 0 radical (unpaired) electrons. The molecule has 18 heavy (non-hydrogen) atoms. The molecule has 0 bridgehead atoms. The second-order valence-electron chi connectivity index (χ2n) is 3.72. The molecule has 0 aliphatic heterocycles. The van der Waals surface area contributed by atoms with E-state index in [4.69, 9.17) is 0 Å². The van der Waals surface area contributed by atoms with Gasteiger partial charge in [-0.1, -0.05) is 30.4 Å². The van der Waals surface area contributed by atoms with E-state index in [9.17, 15) is 9.90 Å². The summed E-state index contributed by atoms with van der Waals surface area (Å²) in [5.41, 5.74) is 0.227. The Morgan fingerprint density at radius 3 is 2.89 bits per heavy atom. The molecule has 0 aliphatic carbocycles. The van der Waals surface area contributed by atoms with Crippen LogP contribution < -0.4 is 5.32 Å². The zero-order valence-corrected chi connectivity index (χ0v) is 10.7. The Balaban J connectivity index is 2.09. The second kappa shape index (κ2) is 5.59. The molecule has 1 amide bonds. The first kappa shape index (κ1) is 12.5. The van der Waals surface area contributed by atoms with Gasteiger partial charge in [-0.05, 0) is 18.6 Å². The molecule has 0 fully saturated rings. The molecule has 2 rings (SSSR count). The molecule has 5 nitrogen and oxygen atoms in total. The predicted octanol–water partition coefficient (Wildman–Crippen LogP) is 2.45. The summed E-state index contributed by atoms with van der Waals surface area (Å²) >= 11 is 1.35. The number of hydrogen-bond donors (Lipinski definition) is 2. The van der Waals surface area contributed by atoms with Crippen molar-refractivity contribution < 1.29 is 9.90 Å². The van der Waals surface area contributed by atoms with E-state index in [0.717, 1.165) is 17.8 Å². The first-order valence-corrected chi connectivity index (χ1v) is 6.44. The van der Waals surface area contributed by atoms with Gasteiger partial charge in [0.25, 0.3) is 5.91 Å². The van der Waals surface area contributed by atoms with E-state index in [1.165, 1.54) is 17.4 Å². The fourth-order valence-corrected chi connectivity index (χ4v) is 2.29. The fourth-order valence-electron chi connectivity index (χ4n) is 1.45. The zero-order valence-electron chi connectivity index (χ0n) is 9.88. The van der Waals surface area contributed by atoms with E-state index < -0.39 is 0 Å². The Hall–Kier alpha value is -1.95. The maximum Gasteiger partial charge on any atom is 0.261 e. The normalized spacial score (nSPS) is 10.3. The van der Waals surface area contributed by atoms with Crippen molar-refractivity contribution >= 4 is 22.4 Å². The number of anilines is 1. The molecule has 2 aromatic rings. The van der Waals surface area contributed by atoms with Crippen LogP contribution in [-0.4, -0.2) is 21.2 Å². The van der Waals surface area contributed by atoms with E-state index in [-0.39, 0.29) is 17.2 Å². The molecule has 0 atom stereocenters. The van der Waals surface area contributed by atoms with E-state index in [0.29, 0.717) is 5.13 Å². The van der Waals surface area contributed by atoms with Crippen LogP contribution in [0.5, 0.6) is 5.75 Å². The number of rotatable bonds is 4. The van der Waals surface area contributed by atoms with E-state index in [2.05, 4.69) is 22.4 Å². The van der Waals surface area contributed by atoms with Crippen molar-refractivity contribution in [1.82, 2.24) is 10.2 Å². The van der Waals surface area contributed by atoms with Crippen LogP contribution in [0, 0.1) is 0 Å². The molecule has 0 spiro atoms. The lowest BCUT2D eigenvalue weighted by Crippen LogP contribution is -2.11. The van der Waals surface area contributed by atoms with Gasteiger partial charge >= 0.3 is 0 Å². The summed E-state index contributed by atoms with van der Waals surface area (Å²) in [5.74, 6) is -0.430. The third kappa shape index (κ3) is 2.84. The van der Waals surface area contributed by atoms with Gasteiger partial charge in [0, 0.05) is 6.42 Å². The first-order valence-electron chi connectivity index (χ1n) is 5.62. The number of benzene rings is 1. The van der Waals surface area contributed by atoms with Crippen LogP contribution >= 0.6 is 11.3 Å². The van der Waals surface area contributed by atoms with Crippen molar-refractivity contribution in [2.75, 3.05) is 5.32 Å². The number of nitrogens with zero attached hydrogens (tertiary/aromatic N) is 2. The van der Waals surface area contributed by atoms with Gasteiger partial charge in [0.2, 0.25) is 5.13 Å². The largest absolute Gasteiger partial charge is 0.507 e. The van der Waals surface area contributed by atoms with Crippen molar-refractivity contribution in [1.29, 1.82) is 0 Å². The number of phenolic OH excluding ortho intramolecular Hbond substituents is 1. The molecule has 2 N–H and O–H groups in total. The molecular weight excluding hydrogens is 250 g/mol. The molecule has 1 aromatic carbocycles. The Morgan fingerprint density at radius 1 is 1.39 bits per heavy atom. The average molecular weight is 263 g/mol. The number of amides is 1. The van der Waals surface area contributed by atoms with Gasteiger partial charge in [-0.2, -0.15) is 0 Å². The lowest BCUT2D eigenvalue weighted by atomic mass is 10.2. The van der Waals surface area contributed by atoms with Gasteiger partial charge in [0.15, 0.2) is 0 Å². The zero-order chi connectivity index (χ0) is 13.0. The molecule has 1 heterocycles. The topological polar surface area (TPSA) is 75.1 Å². The maximum atomic E-state index is 11.9. The summed E-state index contributed by atoms with van der Waals surface area (Å²) in [4.78, 5) is 11.9. The number of carbonyl (C=O) groups is 1. The first-order chi connectivity index (χ1) is 8.70. The number of nitrogens with one attached hydrogen (secondary N) is 1. The van der Waals surface area contributed by atoms with Gasteiger partial charge in [0.05, 0.1) is 5.56 Å². The lowest BCUT2D eigenvalue weighted by Gasteiger charge is -2.02. The van der Waals surface area contributed by atoms with Gasteiger partial charge in [-0.3, -0.25) is 10.1 Å². The highest BCUT2D eigenvalue weighted by atomic mass is 32.1. The fraction of sp³-hybridized carbons (Fsp3) is 0.250. The van der Waals surface area contributed by atoms with E-state index in [1.54, 1.807) is 18.2 Å². The Bertz CT molecular complexity index is 554. The highest BCUT2D eigenvalue weighted by Gasteiger charge is 2.12. The van der Waals surface area contributed by atoms with Crippen molar-refractivity contribution in [3.63, 3.8) is 0 Å². The number of phenols is 1. The minimum Gasteiger partial charge on any atom is -0.507 e. The molecule has 0 saturated heterocycles. The maximum absolute atomic E-state index is 11.9. The minimum absolute atomic E-state index is 0.0479. The molecule has 94 valence electrons. The van der Waals surface area contributed by atoms with Gasteiger partial charge in [0.1, 0.15) is 10.8 Å². The standard InChI is InChI=1S/C12H13N3O2S/c1-2-5-10-14-15-12(18-10)13-11(17)8-6-3-4-7-9(8)16/h3-4,6-7,16H,2,5H2,1H3,(H,13,15,17). The number of hydrogen-bond acceptors (Lipinski definition) is 5. The van der Waals surface area contributed by atoms with E-state index >= 15 is 0 Å². The molecular formula is C12H13N3O2S.